The van der Waals surface area contributed by atoms with Crippen molar-refractivity contribution in [3.05, 3.63) is 531 Å². The first-order valence-corrected chi connectivity index (χ1v) is 43.1. The Morgan fingerprint density at radius 2 is 0.543 bits per heavy atom. The van der Waals surface area contributed by atoms with Crippen molar-refractivity contribution >= 4 is 0 Å². The molecule has 4 radical (unpaired) electrons. The zero-order chi connectivity index (χ0) is 112. The standard InChI is InChI=1S/C21H20N.C20H18N.C19H16N.C18H14N.4C12H10N.4Ir/c1-16(2)14-17-8-10-18(11-9-17)20-12-13-22-21(15-20)19-6-4-3-5-7-19;1-15(2)17-9-6-10-18(13-17)19-11-12-21-20(14-19)16-7-4-3-5-8-16;1-2-15-7-6-10-17(13-15)18-11-12-20-19(14-18)16-8-4-3-5-9-16;1-14-6-5-9-16(12-14)17-10-11-19-18(13-17)15-7-3-2-4-8-15;4*1-10-7-8-12(13-9-10)11-5-3-2-4-6-11;;;;/h3-6,8-13,15-16H,14H2,1-2H3;3-7,9-15H,1-2H3;3-8,10-14H,2H2,1H3;2-7,9-13H,1H3;4*2-5,7-9H,1H3;;;;/q8*-1;;;;/i1D3,16D;1D3,15D;2D2;;4*1D3;;;;. The summed E-state index contributed by atoms with van der Waals surface area (Å²) in [4.78, 5) is 34.1. The molecule has 0 spiro atoms. The van der Waals surface area contributed by atoms with Crippen LogP contribution in [0.3, 0.4) is 0 Å². The smallest absolute Gasteiger partial charge is 0.0347 e. The molecule has 0 aliphatic heterocycles. The zero-order valence-electron chi connectivity index (χ0n) is 97.7. The van der Waals surface area contributed by atoms with Gasteiger partial charge in [0.25, 0.3) is 0 Å². The number of hydrogen-bond acceptors (Lipinski definition) is 8. The molecule has 0 bridgehead atoms. The number of rotatable bonds is 16. The number of benzene rings is 12. The molecule has 20 rings (SSSR count). The predicted molar refractivity (Wildman–Crippen MR) is 556 cm³/mol. The van der Waals surface area contributed by atoms with Gasteiger partial charge in [0, 0.05) is 160 Å². The first kappa shape index (κ1) is 79.5. The van der Waals surface area contributed by atoms with Crippen molar-refractivity contribution in [3.8, 4) is 135 Å². The van der Waals surface area contributed by atoms with Crippen LogP contribution in [-0.2, 0) is 93.2 Å². The molecule has 138 heavy (non-hydrogen) atoms. The summed E-state index contributed by atoms with van der Waals surface area (Å²) in [7, 11) is 0. The van der Waals surface area contributed by atoms with E-state index in [1.807, 2.05) is 273 Å². The molecule has 0 aliphatic rings. The Morgan fingerprint density at radius 1 is 0.254 bits per heavy atom. The van der Waals surface area contributed by atoms with Gasteiger partial charge in [-0.15, -0.1) is 287 Å². The SMILES string of the molecule is Cc1cccc(-c2ccnc(-c3[c-]cccc3)c2)c1.[2H]C([2H])(C)c1cccc(-c2ccnc(-c3[c-]cccc3)c2)c1.[2H]C([2H])([2H])C([2H])(C)Cc1ccc(-c2ccnc(-c3[c-]cccc3)c2)cc1.[2H]C([2H])([2H])C([2H])(C)c1cccc(-c2ccnc(-c3[c-]cccc3)c2)c1.[2H]C([2H])([2H])c1ccc(-c2[c-]cccc2)nc1.[2H]C([2H])([2H])c1ccc(-c2[c-]cccc2)nc1.[2H]C([2H])([2H])c1ccc(-c2[c-]cccc2)nc1.[2H]C([2H])([2H])c1ccc(-c2[c-]cccc2)nc1.[Ir].[Ir].[Ir].[Ir]. The van der Waals surface area contributed by atoms with Gasteiger partial charge in [0.1, 0.15) is 0 Å². The van der Waals surface area contributed by atoms with Crippen LogP contribution >= 0.6 is 0 Å². The second kappa shape index (κ2) is 58.1. The molecule has 8 aromatic heterocycles. The summed E-state index contributed by atoms with van der Waals surface area (Å²) in [5, 5.41) is 0. The molecule has 0 N–H and O–H groups in total. The Kier molecular flexibility index (Phi) is 33.5. The summed E-state index contributed by atoms with van der Waals surface area (Å²) < 4.78 is 164. The number of hydrogen-bond donors (Lipinski definition) is 0. The third kappa shape index (κ3) is 34.6. The third-order valence-electron chi connectivity index (χ3n) is 20.2. The average Bonchev–Trinajstić information content (AvgIpc) is 0.782. The van der Waals surface area contributed by atoms with Crippen molar-refractivity contribution in [2.75, 3.05) is 0 Å². The van der Waals surface area contributed by atoms with Gasteiger partial charge in [-0.25, -0.2) is 0 Å². The molecule has 12 heteroatoms. The fourth-order valence-corrected chi connectivity index (χ4v) is 13.4. The first-order valence-electron chi connectivity index (χ1n) is 54.1. The molecule has 0 amide bonds. The molecule has 0 saturated carbocycles. The Bertz CT molecular complexity index is 7470. The Balaban J connectivity index is 0.000000202. The predicted octanol–water partition coefficient (Wildman–Crippen LogP) is 31.5. The van der Waals surface area contributed by atoms with Crippen LogP contribution in [0.15, 0.2) is 438 Å². The number of nitrogens with zero attached hydrogens (tertiary/aromatic N) is 8. The monoisotopic (exact) mass is 2530 g/mol. The van der Waals surface area contributed by atoms with E-state index in [1.54, 1.807) is 117 Å². The van der Waals surface area contributed by atoms with Gasteiger partial charge in [0.05, 0.1) is 0 Å². The molecule has 0 aliphatic carbocycles. The van der Waals surface area contributed by atoms with E-state index in [2.05, 4.69) is 126 Å². The topological polar surface area (TPSA) is 103 Å². The summed E-state index contributed by atoms with van der Waals surface area (Å²) >= 11 is 0. The van der Waals surface area contributed by atoms with E-state index in [4.69, 9.17) is 30.2 Å². The van der Waals surface area contributed by atoms with Crippen molar-refractivity contribution in [1.29, 1.82) is 0 Å². The van der Waals surface area contributed by atoms with Gasteiger partial charge in [-0.05, 0) is 212 Å². The normalized spacial score (nSPS) is 13.9. The second-order valence-electron chi connectivity index (χ2n) is 30.2. The molecule has 20 aromatic rings. The van der Waals surface area contributed by atoms with Crippen molar-refractivity contribution in [2.45, 2.75) is 87.5 Å². The molecular formula is C126H108Ir4N8-8. The van der Waals surface area contributed by atoms with Gasteiger partial charge in [-0.2, -0.15) is 0 Å². The van der Waals surface area contributed by atoms with E-state index < -0.39 is 59.3 Å². The summed E-state index contributed by atoms with van der Waals surface area (Å²) in [5.74, 6) is -3.16. The molecule has 0 fully saturated rings. The van der Waals surface area contributed by atoms with Crippen molar-refractivity contribution in [1.82, 2.24) is 39.9 Å². The largest absolute Gasteiger partial charge is 0.305 e. The molecule has 2 unspecified atom stereocenters. The van der Waals surface area contributed by atoms with Gasteiger partial charge in [0.15, 0.2) is 0 Å². The Hall–Kier alpha value is -13.6. The number of pyridine rings is 8. The van der Waals surface area contributed by atoms with Crippen LogP contribution in [-0.4, -0.2) is 39.9 Å². The summed E-state index contributed by atoms with van der Waals surface area (Å²) in [5.41, 5.74) is 26.2. The molecule has 8 nitrogen and oxygen atoms in total. The minimum absolute atomic E-state index is 0. The van der Waals surface area contributed by atoms with Gasteiger partial charge in [0.2, 0.25) is 0 Å². The van der Waals surface area contributed by atoms with E-state index in [9.17, 15) is 0 Å². The number of aryl methyl sites for hydroxylation is 6. The molecule has 8 heterocycles. The Morgan fingerprint density at radius 3 is 0.819 bits per heavy atom. The third-order valence-corrected chi connectivity index (χ3v) is 20.2. The van der Waals surface area contributed by atoms with Gasteiger partial charge in [-0.3, -0.25) is 0 Å². The maximum Gasteiger partial charge on any atom is 0.0347 e. The Labute approximate surface area is 902 Å². The van der Waals surface area contributed by atoms with Crippen LogP contribution in [0.1, 0.15) is 115 Å². The van der Waals surface area contributed by atoms with E-state index in [0.29, 0.717) is 11.1 Å². The summed E-state index contributed by atoms with van der Waals surface area (Å²) in [6.07, 6.45) is 11.5. The van der Waals surface area contributed by atoms with E-state index in [1.165, 1.54) is 55.3 Å². The van der Waals surface area contributed by atoms with Crippen molar-refractivity contribution in [2.24, 2.45) is 5.89 Å². The van der Waals surface area contributed by atoms with Crippen LogP contribution in [0.2, 0.25) is 0 Å². The average molecular weight is 2530 g/mol. The van der Waals surface area contributed by atoms with E-state index in [-0.39, 0.29) is 109 Å². The van der Waals surface area contributed by atoms with Crippen molar-refractivity contribution < 1.29 is 111 Å². The number of aromatic nitrogens is 8. The van der Waals surface area contributed by atoms with Crippen LogP contribution in [0.25, 0.3) is 135 Å². The molecule has 696 valence electrons. The first-order chi connectivity index (χ1) is 74.2. The molecular weight excluding hydrogens is 2390 g/mol. The fourth-order valence-electron chi connectivity index (χ4n) is 13.4. The zero-order valence-corrected chi connectivity index (χ0v) is 85.3. The minimum Gasteiger partial charge on any atom is -0.305 e. The van der Waals surface area contributed by atoms with Crippen LogP contribution in [0.4, 0.5) is 0 Å². The van der Waals surface area contributed by atoms with Crippen molar-refractivity contribution in [3.63, 3.8) is 0 Å². The molecule has 0 saturated heterocycles. The van der Waals surface area contributed by atoms with Gasteiger partial charge in [-0.1, -0.05) is 210 Å². The van der Waals surface area contributed by atoms with Crippen LogP contribution in [0.5, 0.6) is 0 Å². The summed E-state index contributed by atoms with van der Waals surface area (Å²) in [6.45, 7) is -6.50. The fraction of sp³-hybridized carbons (Fsp3) is 0.111. The quantitative estimate of drug-likeness (QED) is 0.0882. The van der Waals surface area contributed by atoms with E-state index >= 15 is 0 Å². The molecule has 12 aromatic carbocycles. The molecule has 2 atom stereocenters. The van der Waals surface area contributed by atoms with E-state index in [0.717, 1.165) is 129 Å². The summed E-state index contributed by atoms with van der Waals surface area (Å²) in [6, 6.07) is 146. The minimum atomic E-state index is -2.39. The van der Waals surface area contributed by atoms with Gasteiger partial charge >= 0.3 is 0 Å². The van der Waals surface area contributed by atoms with Crippen LogP contribution in [0, 0.1) is 88.8 Å². The van der Waals surface area contributed by atoms with Crippen LogP contribution < -0.4 is 0 Å². The van der Waals surface area contributed by atoms with Gasteiger partial charge < -0.3 is 39.9 Å². The maximum atomic E-state index is 8.27. The second-order valence-corrected chi connectivity index (χ2v) is 30.2. The maximum absolute atomic E-state index is 8.27.